The van der Waals surface area contributed by atoms with Crippen LogP contribution in [0.4, 0.5) is 0 Å². The quantitative estimate of drug-likeness (QED) is 0.904. The van der Waals surface area contributed by atoms with Gasteiger partial charge < -0.3 is 10.5 Å². The molecule has 1 heterocycles. The fourth-order valence-corrected chi connectivity index (χ4v) is 2.16. The second kappa shape index (κ2) is 5.29. The minimum absolute atomic E-state index is 0.0608. The molecule has 0 amide bonds. The van der Waals surface area contributed by atoms with Crippen LogP contribution in [-0.4, -0.2) is 4.98 Å². The second-order valence-corrected chi connectivity index (χ2v) is 4.97. The van der Waals surface area contributed by atoms with E-state index in [0.29, 0.717) is 6.61 Å². The summed E-state index contributed by atoms with van der Waals surface area (Å²) in [6.45, 7) is 4.47. The van der Waals surface area contributed by atoms with Gasteiger partial charge in [-0.15, -0.1) is 11.3 Å². The maximum atomic E-state index is 5.78. The number of aryl methyl sites for hydroxylation is 1. The molecule has 0 aliphatic heterocycles. The Labute approximate surface area is 105 Å². The predicted molar refractivity (Wildman–Crippen MR) is 70.2 cm³/mol. The number of rotatable bonds is 4. The predicted octanol–water partition coefficient (Wildman–Crippen LogP) is 3.05. The summed E-state index contributed by atoms with van der Waals surface area (Å²) in [6, 6.07) is 7.93. The second-order valence-electron chi connectivity index (χ2n) is 4.03. The first kappa shape index (κ1) is 12.1. The molecule has 90 valence electrons. The molecular weight excluding hydrogens is 232 g/mol. The first-order chi connectivity index (χ1) is 8.15. The molecule has 1 atom stereocenters. The molecule has 0 bridgehead atoms. The van der Waals surface area contributed by atoms with Gasteiger partial charge in [0.25, 0.3) is 0 Å². The monoisotopic (exact) mass is 248 g/mol. The van der Waals surface area contributed by atoms with E-state index in [1.54, 1.807) is 11.3 Å². The van der Waals surface area contributed by atoms with Crippen LogP contribution in [0.15, 0.2) is 29.6 Å². The zero-order chi connectivity index (χ0) is 12.3. The smallest absolute Gasteiger partial charge is 0.140 e. The standard InChI is InChI=1S/C13H16N2OS/c1-9-8-17-13(15-9)7-16-12-5-3-11(4-6-12)10(2)14/h3-6,8,10H,7,14H2,1-2H3. The largest absolute Gasteiger partial charge is 0.486 e. The summed E-state index contributed by atoms with van der Waals surface area (Å²) in [4.78, 5) is 4.35. The Kier molecular flexibility index (Phi) is 3.76. The van der Waals surface area contributed by atoms with Crippen molar-refractivity contribution in [1.82, 2.24) is 4.98 Å². The third-order valence-electron chi connectivity index (χ3n) is 2.43. The third kappa shape index (κ3) is 3.28. The lowest BCUT2D eigenvalue weighted by molar-refractivity contribution is 0.305. The van der Waals surface area contributed by atoms with Crippen molar-refractivity contribution in [2.75, 3.05) is 0 Å². The maximum Gasteiger partial charge on any atom is 0.140 e. The Balaban J connectivity index is 1.95. The van der Waals surface area contributed by atoms with Gasteiger partial charge >= 0.3 is 0 Å². The summed E-state index contributed by atoms with van der Waals surface area (Å²) in [5, 5.41) is 3.02. The Morgan fingerprint density at radius 2 is 2.06 bits per heavy atom. The molecule has 0 spiro atoms. The van der Waals surface area contributed by atoms with Crippen molar-refractivity contribution in [3.8, 4) is 5.75 Å². The molecule has 0 radical (unpaired) electrons. The lowest BCUT2D eigenvalue weighted by Crippen LogP contribution is -2.04. The van der Waals surface area contributed by atoms with E-state index in [0.717, 1.165) is 22.0 Å². The molecule has 2 N–H and O–H groups in total. The van der Waals surface area contributed by atoms with Crippen LogP contribution < -0.4 is 10.5 Å². The van der Waals surface area contributed by atoms with Gasteiger partial charge in [-0.25, -0.2) is 4.98 Å². The van der Waals surface area contributed by atoms with Crippen molar-refractivity contribution in [2.24, 2.45) is 5.73 Å². The van der Waals surface area contributed by atoms with Crippen molar-refractivity contribution in [2.45, 2.75) is 26.5 Å². The first-order valence-corrected chi connectivity index (χ1v) is 6.42. The van der Waals surface area contributed by atoms with Gasteiger partial charge in [-0.05, 0) is 31.5 Å². The number of hydrogen-bond donors (Lipinski definition) is 1. The van der Waals surface area contributed by atoms with Gasteiger partial charge in [0.1, 0.15) is 17.4 Å². The molecule has 4 heteroatoms. The van der Waals surface area contributed by atoms with E-state index in [-0.39, 0.29) is 6.04 Å². The van der Waals surface area contributed by atoms with E-state index in [2.05, 4.69) is 4.98 Å². The average molecular weight is 248 g/mol. The number of nitrogens with zero attached hydrogens (tertiary/aromatic N) is 1. The van der Waals surface area contributed by atoms with Crippen LogP contribution in [0.1, 0.15) is 29.2 Å². The Morgan fingerprint density at radius 1 is 1.35 bits per heavy atom. The number of ether oxygens (including phenoxy) is 1. The Morgan fingerprint density at radius 3 is 2.59 bits per heavy atom. The van der Waals surface area contributed by atoms with Gasteiger partial charge in [-0.3, -0.25) is 0 Å². The molecule has 0 fully saturated rings. The minimum Gasteiger partial charge on any atom is -0.486 e. The fourth-order valence-electron chi connectivity index (χ4n) is 1.48. The van der Waals surface area contributed by atoms with Crippen molar-refractivity contribution in [3.05, 3.63) is 45.9 Å². The van der Waals surface area contributed by atoms with Crippen LogP contribution in [0.2, 0.25) is 0 Å². The van der Waals surface area contributed by atoms with Gasteiger partial charge in [-0.2, -0.15) is 0 Å². The highest BCUT2D eigenvalue weighted by Crippen LogP contribution is 2.18. The van der Waals surface area contributed by atoms with Gasteiger partial charge in [0.2, 0.25) is 0 Å². The summed E-state index contributed by atoms with van der Waals surface area (Å²) in [6.07, 6.45) is 0. The fraction of sp³-hybridized carbons (Fsp3) is 0.308. The van der Waals surface area contributed by atoms with Crippen molar-refractivity contribution in [3.63, 3.8) is 0 Å². The topological polar surface area (TPSA) is 48.1 Å². The molecule has 1 aromatic carbocycles. The molecule has 1 aromatic heterocycles. The van der Waals surface area contributed by atoms with E-state index in [9.17, 15) is 0 Å². The molecule has 0 saturated heterocycles. The first-order valence-electron chi connectivity index (χ1n) is 5.54. The van der Waals surface area contributed by atoms with Crippen molar-refractivity contribution in [1.29, 1.82) is 0 Å². The van der Waals surface area contributed by atoms with E-state index in [1.165, 1.54) is 0 Å². The number of hydrogen-bond acceptors (Lipinski definition) is 4. The van der Waals surface area contributed by atoms with Crippen molar-refractivity contribution >= 4 is 11.3 Å². The molecule has 3 nitrogen and oxygen atoms in total. The summed E-state index contributed by atoms with van der Waals surface area (Å²) in [5.74, 6) is 0.849. The van der Waals surface area contributed by atoms with Crippen LogP contribution >= 0.6 is 11.3 Å². The minimum atomic E-state index is 0.0608. The Bertz CT molecular complexity index is 476. The Hall–Kier alpha value is -1.39. The summed E-state index contributed by atoms with van der Waals surface area (Å²) in [5.41, 5.74) is 7.94. The maximum absolute atomic E-state index is 5.78. The molecular formula is C13H16N2OS. The van der Waals surface area contributed by atoms with Gasteiger partial charge in [-0.1, -0.05) is 12.1 Å². The van der Waals surface area contributed by atoms with E-state index in [4.69, 9.17) is 10.5 Å². The van der Waals surface area contributed by atoms with E-state index < -0.39 is 0 Å². The molecule has 0 aliphatic carbocycles. The normalized spacial score (nSPS) is 12.4. The molecule has 17 heavy (non-hydrogen) atoms. The van der Waals surface area contributed by atoms with Crippen LogP contribution in [0, 0.1) is 6.92 Å². The zero-order valence-electron chi connectivity index (χ0n) is 10.0. The van der Waals surface area contributed by atoms with Crippen LogP contribution in [0.5, 0.6) is 5.75 Å². The lowest BCUT2D eigenvalue weighted by atomic mass is 10.1. The molecule has 0 aliphatic rings. The van der Waals surface area contributed by atoms with Crippen LogP contribution in [0.25, 0.3) is 0 Å². The van der Waals surface area contributed by atoms with Crippen LogP contribution in [0.3, 0.4) is 0 Å². The highest BCUT2D eigenvalue weighted by Gasteiger charge is 2.02. The number of benzene rings is 1. The highest BCUT2D eigenvalue weighted by atomic mass is 32.1. The lowest BCUT2D eigenvalue weighted by Gasteiger charge is -2.07. The van der Waals surface area contributed by atoms with E-state index in [1.807, 2.05) is 43.5 Å². The van der Waals surface area contributed by atoms with Gasteiger partial charge in [0.05, 0.1) is 0 Å². The molecule has 0 saturated carbocycles. The SMILES string of the molecule is Cc1csc(COc2ccc(C(C)N)cc2)n1. The van der Waals surface area contributed by atoms with Gasteiger partial charge in [0, 0.05) is 17.1 Å². The number of nitrogens with two attached hydrogens (primary N) is 1. The summed E-state index contributed by atoms with van der Waals surface area (Å²) in [7, 11) is 0. The number of aromatic nitrogens is 1. The molecule has 2 rings (SSSR count). The molecule has 2 aromatic rings. The highest BCUT2D eigenvalue weighted by molar-refractivity contribution is 7.09. The summed E-state index contributed by atoms with van der Waals surface area (Å²) < 4.78 is 5.65. The van der Waals surface area contributed by atoms with E-state index >= 15 is 0 Å². The van der Waals surface area contributed by atoms with Gasteiger partial charge in [0.15, 0.2) is 0 Å². The average Bonchev–Trinajstić information content (AvgIpc) is 2.73. The van der Waals surface area contributed by atoms with Crippen molar-refractivity contribution < 1.29 is 4.74 Å². The number of thiazole rings is 1. The molecule has 1 unspecified atom stereocenters. The van der Waals surface area contributed by atoms with Crippen LogP contribution in [-0.2, 0) is 6.61 Å². The zero-order valence-corrected chi connectivity index (χ0v) is 10.8. The third-order valence-corrected chi connectivity index (χ3v) is 3.37. The summed E-state index contributed by atoms with van der Waals surface area (Å²) >= 11 is 1.62.